The summed E-state index contributed by atoms with van der Waals surface area (Å²) in [5.74, 6) is -2.56. The van der Waals surface area contributed by atoms with E-state index in [4.69, 9.17) is 5.11 Å². The highest BCUT2D eigenvalue weighted by Crippen LogP contribution is 2.12. The van der Waals surface area contributed by atoms with Crippen molar-refractivity contribution in [3.63, 3.8) is 0 Å². The van der Waals surface area contributed by atoms with Gasteiger partial charge in [-0.15, -0.1) is 0 Å². The second-order valence-electron chi connectivity index (χ2n) is 4.70. The molecule has 0 saturated heterocycles. The van der Waals surface area contributed by atoms with Gasteiger partial charge in [0.25, 0.3) is 5.56 Å². The largest absolute Gasteiger partial charge is 0.480 e. The van der Waals surface area contributed by atoms with E-state index < -0.39 is 39.7 Å². The number of carboxylic acids is 1. The highest BCUT2D eigenvalue weighted by Gasteiger charge is 2.17. The van der Waals surface area contributed by atoms with Crippen LogP contribution in [0.4, 0.5) is 10.1 Å². The number of nitrogens with zero attached hydrogens (tertiary/aromatic N) is 1. The van der Waals surface area contributed by atoms with Crippen molar-refractivity contribution in [2.45, 2.75) is 12.3 Å². The highest BCUT2D eigenvalue weighted by atomic mass is 32.2. The van der Waals surface area contributed by atoms with E-state index in [1.807, 2.05) is 0 Å². The zero-order valence-corrected chi connectivity index (χ0v) is 12.6. The molecule has 0 spiro atoms. The monoisotopic (exact) mass is 340 g/mol. The van der Waals surface area contributed by atoms with Crippen molar-refractivity contribution in [1.82, 2.24) is 4.57 Å². The SMILES string of the molecule is O=C(O)Cn1cccc(NS(=O)(=O)Cc2ccccc2F)c1=O. The number of anilines is 1. The number of aliphatic carboxylic acids is 1. The van der Waals surface area contributed by atoms with Crippen molar-refractivity contribution in [2.24, 2.45) is 0 Å². The van der Waals surface area contributed by atoms with Crippen LogP contribution in [0.25, 0.3) is 0 Å². The molecule has 0 saturated carbocycles. The van der Waals surface area contributed by atoms with Gasteiger partial charge in [0.2, 0.25) is 10.0 Å². The molecule has 0 aliphatic heterocycles. The van der Waals surface area contributed by atoms with E-state index in [1.54, 1.807) is 0 Å². The molecule has 0 unspecified atom stereocenters. The Kier molecular flexibility index (Phi) is 4.80. The van der Waals surface area contributed by atoms with Crippen molar-refractivity contribution in [3.05, 3.63) is 64.3 Å². The molecule has 1 aromatic carbocycles. The van der Waals surface area contributed by atoms with Gasteiger partial charge in [-0.2, -0.15) is 0 Å². The van der Waals surface area contributed by atoms with Crippen molar-refractivity contribution in [2.75, 3.05) is 4.72 Å². The first-order chi connectivity index (χ1) is 10.8. The molecule has 1 aromatic heterocycles. The third-order valence-electron chi connectivity index (χ3n) is 2.89. The maximum absolute atomic E-state index is 13.5. The number of benzene rings is 1. The van der Waals surface area contributed by atoms with Crippen LogP contribution < -0.4 is 10.3 Å². The van der Waals surface area contributed by atoms with E-state index in [-0.39, 0.29) is 11.3 Å². The lowest BCUT2D eigenvalue weighted by molar-refractivity contribution is -0.137. The zero-order chi connectivity index (χ0) is 17.0. The van der Waals surface area contributed by atoms with Crippen molar-refractivity contribution < 1.29 is 22.7 Å². The molecule has 0 aliphatic carbocycles. The maximum Gasteiger partial charge on any atom is 0.323 e. The second kappa shape index (κ2) is 6.61. The Labute approximate surface area is 131 Å². The zero-order valence-electron chi connectivity index (χ0n) is 11.8. The van der Waals surface area contributed by atoms with E-state index in [0.717, 1.165) is 10.6 Å². The summed E-state index contributed by atoms with van der Waals surface area (Å²) in [6, 6.07) is 7.93. The van der Waals surface area contributed by atoms with Gasteiger partial charge in [-0.3, -0.25) is 14.3 Å². The van der Waals surface area contributed by atoms with Crippen LogP contribution in [0.5, 0.6) is 0 Å². The van der Waals surface area contributed by atoms with Crippen molar-refractivity contribution in [1.29, 1.82) is 0 Å². The van der Waals surface area contributed by atoms with Crippen LogP contribution in [0.3, 0.4) is 0 Å². The summed E-state index contributed by atoms with van der Waals surface area (Å²) in [4.78, 5) is 22.7. The number of aromatic nitrogens is 1. The fourth-order valence-corrected chi connectivity index (χ4v) is 3.11. The molecule has 0 amide bonds. The van der Waals surface area contributed by atoms with Crippen molar-refractivity contribution in [3.8, 4) is 0 Å². The van der Waals surface area contributed by atoms with Gasteiger partial charge in [-0.1, -0.05) is 18.2 Å². The van der Waals surface area contributed by atoms with Gasteiger partial charge >= 0.3 is 5.97 Å². The number of carboxylic acid groups (broad SMARTS) is 1. The molecule has 23 heavy (non-hydrogen) atoms. The van der Waals surface area contributed by atoms with Gasteiger partial charge in [0.1, 0.15) is 18.0 Å². The number of halogens is 1. The van der Waals surface area contributed by atoms with Crippen LogP contribution in [0, 0.1) is 5.82 Å². The Bertz CT molecular complexity index is 892. The molecule has 2 aromatic rings. The summed E-state index contributed by atoms with van der Waals surface area (Å²) in [7, 11) is -4.03. The first-order valence-corrected chi connectivity index (χ1v) is 8.09. The number of hydrogen-bond acceptors (Lipinski definition) is 4. The second-order valence-corrected chi connectivity index (χ2v) is 6.42. The molecule has 0 radical (unpaired) electrons. The summed E-state index contributed by atoms with van der Waals surface area (Å²) >= 11 is 0. The summed E-state index contributed by atoms with van der Waals surface area (Å²) in [5.41, 5.74) is -1.14. The average Bonchev–Trinajstić information content (AvgIpc) is 2.45. The fourth-order valence-electron chi connectivity index (χ4n) is 1.91. The fraction of sp³-hybridized carbons (Fsp3) is 0.143. The molecule has 1 heterocycles. The quantitative estimate of drug-likeness (QED) is 0.816. The lowest BCUT2D eigenvalue weighted by atomic mass is 10.2. The van der Waals surface area contributed by atoms with Crippen LogP contribution in [0.2, 0.25) is 0 Å². The van der Waals surface area contributed by atoms with Crippen LogP contribution in [0.15, 0.2) is 47.4 Å². The molecule has 0 bridgehead atoms. The highest BCUT2D eigenvalue weighted by molar-refractivity contribution is 7.91. The molecule has 0 atom stereocenters. The van der Waals surface area contributed by atoms with Gasteiger partial charge in [-0.05, 0) is 18.2 Å². The predicted molar refractivity (Wildman–Crippen MR) is 81.0 cm³/mol. The first kappa shape index (κ1) is 16.7. The van der Waals surface area contributed by atoms with E-state index in [1.165, 1.54) is 36.5 Å². The van der Waals surface area contributed by atoms with Crippen LogP contribution in [-0.2, 0) is 27.1 Å². The van der Waals surface area contributed by atoms with E-state index in [9.17, 15) is 22.4 Å². The number of pyridine rings is 1. The first-order valence-electron chi connectivity index (χ1n) is 6.43. The minimum Gasteiger partial charge on any atom is -0.480 e. The predicted octanol–water partition coefficient (Wildman–Crippen LogP) is 1.01. The average molecular weight is 340 g/mol. The molecular weight excluding hydrogens is 327 g/mol. The summed E-state index contributed by atoms with van der Waals surface area (Å²) < 4.78 is 40.6. The summed E-state index contributed by atoms with van der Waals surface area (Å²) in [6.45, 7) is -0.596. The Hall–Kier alpha value is -2.68. The Morgan fingerprint density at radius 2 is 1.91 bits per heavy atom. The lowest BCUT2D eigenvalue weighted by Gasteiger charge is -2.10. The molecular formula is C14H13FN2O5S. The molecule has 0 fully saturated rings. The lowest BCUT2D eigenvalue weighted by Crippen LogP contribution is -2.28. The molecule has 0 aliphatic rings. The number of nitrogens with one attached hydrogen (secondary N) is 1. The molecule has 2 rings (SSSR count). The number of hydrogen-bond donors (Lipinski definition) is 2. The topological polar surface area (TPSA) is 105 Å². The Morgan fingerprint density at radius 1 is 1.22 bits per heavy atom. The number of carbonyl (C=O) groups is 1. The minimum absolute atomic E-state index is 0.0400. The number of sulfonamides is 1. The van der Waals surface area contributed by atoms with Crippen LogP contribution >= 0.6 is 0 Å². The molecule has 2 N–H and O–H groups in total. The van der Waals surface area contributed by atoms with E-state index in [2.05, 4.69) is 4.72 Å². The third-order valence-corrected chi connectivity index (χ3v) is 4.12. The normalized spacial score (nSPS) is 11.2. The Morgan fingerprint density at radius 3 is 2.57 bits per heavy atom. The van der Waals surface area contributed by atoms with Crippen LogP contribution in [0.1, 0.15) is 5.56 Å². The van der Waals surface area contributed by atoms with E-state index in [0.29, 0.717) is 0 Å². The van der Waals surface area contributed by atoms with Gasteiger partial charge in [0.15, 0.2) is 0 Å². The molecule has 9 heteroatoms. The van der Waals surface area contributed by atoms with Gasteiger partial charge in [-0.25, -0.2) is 12.8 Å². The third kappa shape index (κ3) is 4.39. The van der Waals surface area contributed by atoms with Gasteiger partial charge < -0.3 is 9.67 Å². The van der Waals surface area contributed by atoms with Gasteiger partial charge in [0, 0.05) is 11.8 Å². The maximum atomic E-state index is 13.5. The van der Waals surface area contributed by atoms with E-state index >= 15 is 0 Å². The Balaban J connectivity index is 2.26. The minimum atomic E-state index is -4.03. The van der Waals surface area contributed by atoms with Gasteiger partial charge in [0.05, 0.1) is 5.75 Å². The summed E-state index contributed by atoms with van der Waals surface area (Å²) in [5, 5.41) is 8.70. The molecule has 122 valence electrons. The van der Waals surface area contributed by atoms with Crippen LogP contribution in [-0.4, -0.2) is 24.1 Å². The summed E-state index contributed by atoms with van der Waals surface area (Å²) in [6.07, 6.45) is 1.23. The smallest absolute Gasteiger partial charge is 0.323 e. The van der Waals surface area contributed by atoms with Crippen molar-refractivity contribution >= 4 is 21.7 Å². The number of rotatable bonds is 6. The molecule has 7 nitrogen and oxygen atoms in total. The standard InChI is InChI=1S/C14H13FN2O5S/c15-11-5-2-1-4-10(11)9-23(21,22)16-12-6-3-7-17(14(12)20)8-13(18)19/h1-7,16H,8-9H2,(H,18,19).